The minimum absolute atomic E-state index is 0.0546. The van der Waals surface area contributed by atoms with Crippen LogP contribution in [0.15, 0.2) is 59.6 Å². The Labute approximate surface area is 158 Å². The van der Waals surface area contributed by atoms with Crippen LogP contribution in [0.5, 0.6) is 0 Å². The molecule has 0 spiro atoms. The molecule has 0 unspecified atom stereocenters. The zero-order chi connectivity index (χ0) is 18.5. The van der Waals surface area contributed by atoms with Crippen LogP contribution in [-0.4, -0.2) is 21.9 Å². The quantitative estimate of drug-likeness (QED) is 0.662. The van der Waals surface area contributed by atoms with Crippen molar-refractivity contribution in [2.24, 2.45) is 0 Å². The van der Waals surface area contributed by atoms with Crippen LogP contribution in [0, 0.1) is 20.8 Å². The first-order valence-electron chi connectivity index (χ1n) is 8.42. The molecule has 0 radical (unpaired) electrons. The smallest absolute Gasteiger partial charge is 0.234 e. The van der Waals surface area contributed by atoms with Crippen molar-refractivity contribution in [2.75, 3.05) is 11.1 Å². The van der Waals surface area contributed by atoms with Crippen molar-refractivity contribution in [3.8, 4) is 11.3 Å². The number of carbonyl (C=O) groups is 1. The van der Waals surface area contributed by atoms with E-state index in [1.54, 1.807) is 0 Å². The molecule has 132 valence electrons. The van der Waals surface area contributed by atoms with E-state index in [0.29, 0.717) is 5.75 Å². The van der Waals surface area contributed by atoms with Crippen molar-refractivity contribution in [3.05, 3.63) is 71.3 Å². The molecule has 3 aromatic rings. The molecule has 0 saturated carbocycles. The summed E-state index contributed by atoms with van der Waals surface area (Å²) in [6.45, 7) is 6.12. The lowest BCUT2D eigenvalue weighted by molar-refractivity contribution is -0.113. The maximum Gasteiger partial charge on any atom is 0.234 e. The normalized spacial score (nSPS) is 10.6. The molecular weight excluding hydrogens is 342 g/mol. The SMILES string of the molecule is Cc1cccc(NC(=O)CSc2ccc(-c3cc(C)ccc3C)nn2)c1. The number of anilines is 1. The van der Waals surface area contributed by atoms with Crippen molar-refractivity contribution in [3.63, 3.8) is 0 Å². The first kappa shape index (κ1) is 18.1. The second-order valence-electron chi connectivity index (χ2n) is 6.28. The molecule has 0 aliphatic heterocycles. The van der Waals surface area contributed by atoms with Gasteiger partial charge in [0.15, 0.2) is 0 Å². The number of thioether (sulfide) groups is 1. The molecule has 3 rings (SSSR count). The van der Waals surface area contributed by atoms with Gasteiger partial charge in [-0.3, -0.25) is 4.79 Å². The summed E-state index contributed by atoms with van der Waals surface area (Å²) in [5, 5.41) is 12.2. The van der Waals surface area contributed by atoms with Crippen LogP contribution in [-0.2, 0) is 4.79 Å². The number of benzene rings is 2. The molecule has 4 nitrogen and oxygen atoms in total. The maximum atomic E-state index is 12.1. The van der Waals surface area contributed by atoms with Gasteiger partial charge in [-0.05, 0) is 62.2 Å². The van der Waals surface area contributed by atoms with Crippen molar-refractivity contribution in [1.82, 2.24) is 10.2 Å². The zero-order valence-corrected chi connectivity index (χ0v) is 15.9. The molecule has 0 fully saturated rings. The van der Waals surface area contributed by atoms with E-state index in [-0.39, 0.29) is 5.91 Å². The van der Waals surface area contributed by atoms with Gasteiger partial charge in [-0.1, -0.05) is 41.6 Å². The zero-order valence-electron chi connectivity index (χ0n) is 15.1. The molecule has 1 N–H and O–H groups in total. The average Bonchev–Trinajstić information content (AvgIpc) is 2.62. The van der Waals surface area contributed by atoms with Crippen LogP contribution in [0.3, 0.4) is 0 Å². The molecule has 0 aliphatic carbocycles. The lowest BCUT2D eigenvalue weighted by atomic mass is 10.0. The summed E-state index contributed by atoms with van der Waals surface area (Å²) in [7, 11) is 0. The lowest BCUT2D eigenvalue weighted by Gasteiger charge is -2.07. The van der Waals surface area contributed by atoms with E-state index in [9.17, 15) is 4.79 Å². The Bertz CT molecular complexity index is 923. The van der Waals surface area contributed by atoms with Crippen LogP contribution < -0.4 is 5.32 Å². The summed E-state index contributed by atoms with van der Waals surface area (Å²) in [5.41, 5.74) is 6.22. The fourth-order valence-corrected chi connectivity index (χ4v) is 3.23. The molecule has 1 heterocycles. The highest BCUT2D eigenvalue weighted by atomic mass is 32.2. The van der Waals surface area contributed by atoms with E-state index in [4.69, 9.17) is 0 Å². The van der Waals surface area contributed by atoms with Gasteiger partial charge in [-0.15, -0.1) is 10.2 Å². The van der Waals surface area contributed by atoms with E-state index >= 15 is 0 Å². The van der Waals surface area contributed by atoms with Gasteiger partial charge in [0, 0.05) is 11.3 Å². The summed E-state index contributed by atoms with van der Waals surface area (Å²) in [4.78, 5) is 12.1. The molecule has 1 amide bonds. The van der Waals surface area contributed by atoms with E-state index < -0.39 is 0 Å². The summed E-state index contributed by atoms with van der Waals surface area (Å²) in [5.74, 6) is 0.242. The summed E-state index contributed by atoms with van der Waals surface area (Å²) in [6.07, 6.45) is 0. The van der Waals surface area contributed by atoms with Crippen molar-refractivity contribution in [1.29, 1.82) is 0 Å². The van der Waals surface area contributed by atoms with E-state index in [2.05, 4.69) is 47.6 Å². The number of nitrogens with one attached hydrogen (secondary N) is 1. The lowest BCUT2D eigenvalue weighted by Crippen LogP contribution is -2.14. The van der Waals surface area contributed by atoms with Gasteiger partial charge in [0.05, 0.1) is 11.4 Å². The molecule has 5 heteroatoms. The van der Waals surface area contributed by atoms with Gasteiger partial charge in [0.2, 0.25) is 5.91 Å². The topological polar surface area (TPSA) is 54.9 Å². The molecule has 1 aromatic heterocycles. The van der Waals surface area contributed by atoms with E-state index in [1.165, 1.54) is 22.9 Å². The number of rotatable bonds is 5. The monoisotopic (exact) mass is 363 g/mol. The highest BCUT2D eigenvalue weighted by molar-refractivity contribution is 7.99. The maximum absolute atomic E-state index is 12.1. The second-order valence-corrected chi connectivity index (χ2v) is 7.28. The van der Waals surface area contributed by atoms with Crippen molar-refractivity contribution < 1.29 is 4.79 Å². The van der Waals surface area contributed by atoms with Crippen LogP contribution >= 0.6 is 11.8 Å². The van der Waals surface area contributed by atoms with Crippen molar-refractivity contribution >= 4 is 23.4 Å². The highest BCUT2D eigenvalue weighted by Crippen LogP contribution is 2.24. The third-order valence-electron chi connectivity index (χ3n) is 3.96. The summed E-state index contributed by atoms with van der Waals surface area (Å²) < 4.78 is 0. The first-order chi connectivity index (χ1) is 12.5. The number of nitrogens with zero attached hydrogens (tertiary/aromatic N) is 2. The molecule has 2 aromatic carbocycles. The standard InChI is InChI=1S/C21H21N3OS/c1-14-5-4-6-17(11-14)22-20(25)13-26-21-10-9-19(23-24-21)18-12-15(2)7-8-16(18)3/h4-12H,13H2,1-3H3,(H,22,25). The van der Waals surface area contributed by atoms with E-state index in [1.807, 2.05) is 43.3 Å². The molecule has 0 aliphatic rings. The number of aromatic nitrogens is 2. The molecule has 0 saturated heterocycles. The van der Waals surface area contributed by atoms with Gasteiger partial charge in [-0.25, -0.2) is 0 Å². The number of carbonyl (C=O) groups excluding carboxylic acids is 1. The third-order valence-corrected chi connectivity index (χ3v) is 4.88. The minimum Gasteiger partial charge on any atom is -0.325 e. The molecule has 0 atom stereocenters. The first-order valence-corrected chi connectivity index (χ1v) is 9.40. The Morgan fingerprint density at radius 2 is 1.77 bits per heavy atom. The Kier molecular flexibility index (Phi) is 5.68. The molecule has 0 bridgehead atoms. The van der Waals surface area contributed by atoms with Gasteiger partial charge in [-0.2, -0.15) is 0 Å². The van der Waals surface area contributed by atoms with Gasteiger partial charge >= 0.3 is 0 Å². The Balaban J connectivity index is 1.61. The van der Waals surface area contributed by atoms with Crippen molar-refractivity contribution in [2.45, 2.75) is 25.8 Å². The number of amides is 1. The highest BCUT2D eigenvalue weighted by Gasteiger charge is 2.08. The number of hydrogen-bond acceptors (Lipinski definition) is 4. The Morgan fingerprint density at radius 1 is 0.962 bits per heavy atom. The Hall–Kier alpha value is -2.66. The van der Waals surface area contributed by atoms with Gasteiger partial charge in [0.25, 0.3) is 0 Å². The predicted octanol–water partition coefficient (Wildman–Crippen LogP) is 4.80. The summed E-state index contributed by atoms with van der Waals surface area (Å²) in [6, 6.07) is 17.9. The largest absolute Gasteiger partial charge is 0.325 e. The average molecular weight is 363 g/mol. The second kappa shape index (κ2) is 8.15. The fourth-order valence-electron chi connectivity index (χ4n) is 2.61. The minimum atomic E-state index is -0.0546. The Morgan fingerprint density at radius 3 is 2.50 bits per heavy atom. The van der Waals surface area contributed by atoms with E-state index in [0.717, 1.165) is 27.5 Å². The predicted molar refractivity (Wildman–Crippen MR) is 107 cm³/mol. The van der Waals surface area contributed by atoms with Gasteiger partial charge in [0.1, 0.15) is 5.03 Å². The number of hydrogen-bond donors (Lipinski definition) is 1. The van der Waals surface area contributed by atoms with Crippen LogP contribution in [0.1, 0.15) is 16.7 Å². The van der Waals surface area contributed by atoms with Crippen LogP contribution in [0.2, 0.25) is 0 Å². The van der Waals surface area contributed by atoms with Crippen LogP contribution in [0.25, 0.3) is 11.3 Å². The van der Waals surface area contributed by atoms with Crippen LogP contribution in [0.4, 0.5) is 5.69 Å². The number of aryl methyl sites for hydroxylation is 3. The fraction of sp³-hybridized carbons (Fsp3) is 0.190. The summed E-state index contributed by atoms with van der Waals surface area (Å²) >= 11 is 1.38. The third kappa shape index (κ3) is 4.70. The molecular formula is C21H21N3OS. The molecule has 26 heavy (non-hydrogen) atoms. The van der Waals surface area contributed by atoms with Gasteiger partial charge < -0.3 is 5.32 Å².